The first-order valence-electron chi connectivity index (χ1n) is 3.86. The number of nitrogens with one attached hydrogen (secondary N) is 1. The molecule has 2 heterocycles. The lowest BCUT2D eigenvalue weighted by Gasteiger charge is -2.28. The van der Waals surface area contributed by atoms with Gasteiger partial charge in [0.25, 0.3) is 0 Å². The van der Waals surface area contributed by atoms with E-state index in [0.717, 1.165) is 0 Å². The van der Waals surface area contributed by atoms with Crippen LogP contribution >= 0.6 is 0 Å². The maximum Gasteiger partial charge on any atom is 0.172 e. The molecule has 0 saturated heterocycles. The van der Waals surface area contributed by atoms with Gasteiger partial charge in [-0.05, 0) is 34.9 Å². The van der Waals surface area contributed by atoms with Gasteiger partial charge in [0.2, 0.25) is 0 Å². The van der Waals surface area contributed by atoms with Gasteiger partial charge in [0.1, 0.15) is 6.33 Å². The zero-order valence-corrected chi connectivity index (χ0v) is 6.96. The summed E-state index contributed by atoms with van der Waals surface area (Å²) in [6, 6.07) is 0. The van der Waals surface area contributed by atoms with Crippen LogP contribution in [-0.2, 0) is 5.66 Å². The molecule has 13 heavy (non-hydrogen) atoms. The minimum absolute atomic E-state index is 0.530. The van der Waals surface area contributed by atoms with Crippen molar-refractivity contribution in [3.63, 3.8) is 0 Å². The number of hydrogen-bond donors (Lipinski definition) is 1. The predicted molar refractivity (Wildman–Crippen MR) is 47.4 cm³/mol. The van der Waals surface area contributed by atoms with E-state index >= 15 is 0 Å². The molecule has 1 atom stereocenters. The molecule has 66 valence electrons. The van der Waals surface area contributed by atoms with Gasteiger partial charge >= 0.3 is 0 Å². The van der Waals surface area contributed by atoms with E-state index in [4.69, 9.17) is 0 Å². The summed E-state index contributed by atoms with van der Waals surface area (Å²) >= 11 is 0. The maximum absolute atomic E-state index is 3.82. The van der Waals surface area contributed by atoms with Crippen molar-refractivity contribution in [2.24, 2.45) is 0 Å². The Bertz CT molecular complexity index is 351. The van der Waals surface area contributed by atoms with Crippen molar-refractivity contribution in [1.82, 2.24) is 25.5 Å². The lowest BCUT2D eigenvalue weighted by atomic mass is 10.1. The Balaban J connectivity index is 2.42. The first kappa shape index (κ1) is 7.72. The van der Waals surface area contributed by atoms with Gasteiger partial charge in [-0.2, -0.15) is 4.68 Å². The number of tetrazole rings is 1. The summed E-state index contributed by atoms with van der Waals surface area (Å²) in [5.41, 5.74) is -0.530. The van der Waals surface area contributed by atoms with Crippen LogP contribution in [0.1, 0.15) is 0 Å². The average molecular weight is 175 g/mol. The molecule has 5 nitrogen and oxygen atoms in total. The number of rotatable bonds is 2. The van der Waals surface area contributed by atoms with Crippen molar-refractivity contribution in [2.75, 3.05) is 0 Å². The van der Waals surface area contributed by atoms with Crippen molar-refractivity contribution >= 4 is 0 Å². The normalized spacial score (nSPS) is 25.5. The van der Waals surface area contributed by atoms with E-state index in [2.05, 4.69) is 27.4 Å². The molecule has 1 aliphatic heterocycles. The van der Waals surface area contributed by atoms with E-state index in [1.165, 1.54) is 6.33 Å². The zero-order valence-electron chi connectivity index (χ0n) is 6.96. The molecule has 0 saturated carbocycles. The van der Waals surface area contributed by atoms with Gasteiger partial charge in [-0.15, -0.1) is 5.10 Å². The standard InChI is InChI=1S/C8H9N5/c1-2-8(5-3-4-6-9-8)13-7-10-11-12-13/h2-7,9H,1H2. The molecular formula is C8H9N5. The third kappa shape index (κ3) is 1.14. The highest BCUT2D eigenvalue weighted by Crippen LogP contribution is 2.16. The van der Waals surface area contributed by atoms with Gasteiger partial charge < -0.3 is 5.32 Å². The molecule has 0 spiro atoms. The summed E-state index contributed by atoms with van der Waals surface area (Å²) in [7, 11) is 0. The monoisotopic (exact) mass is 175 g/mol. The molecule has 0 radical (unpaired) electrons. The molecule has 0 aliphatic carbocycles. The van der Waals surface area contributed by atoms with E-state index in [0.29, 0.717) is 0 Å². The van der Waals surface area contributed by atoms with Gasteiger partial charge in [0.05, 0.1) is 0 Å². The van der Waals surface area contributed by atoms with Crippen LogP contribution in [0, 0.1) is 0 Å². The van der Waals surface area contributed by atoms with Crippen molar-refractivity contribution < 1.29 is 0 Å². The highest BCUT2D eigenvalue weighted by Gasteiger charge is 2.25. The molecule has 1 aromatic heterocycles. The van der Waals surface area contributed by atoms with Crippen molar-refractivity contribution in [2.45, 2.75) is 5.66 Å². The Hall–Kier alpha value is -1.91. The van der Waals surface area contributed by atoms with Crippen LogP contribution in [0.3, 0.4) is 0 Å². The van der Waals surface area contributed by atoms with Gasteiger partial charge in [0.15, 0.2) is 5.66 Å². The second-order valence-corrected chi connectivity index (χ2v) is 2.65. The fourth-order valence-corrected chi connectivity index (χ4v) is 1.18. The van der Waals surface area contributed by atoms with Crippen molar-refractivity contribution in [3.8, 4) is 0 Å². The molecular weight excluding hydrogens is 166 g/mol. The van der Waals surface area contributed by atoms with E-state index in [9.17, 15) is 0 Å². The molecule has 0 fully saturated rings. The zero-order chi connectivity index (χ0) is 9.15. The van der Waals surface area contributed by atoms with Crippen LogP contribution in [-0.4, -0.2) is 20.2 Å². The van der Waals surface area contributed by atoms with Crippen LogP contribution in [0.5, 0.6) is 0 Å². The molecule has 0 amide bonds. The van der Waals surface area contributed by atoms with Gasteiger partial charge in [0, 0.05) is 0 Å². The summed E-state index contributed by atoms with van der Waals surface area (Å²) in [5.74, 6) is 0. The van der Waals surface area contributed by atoms with Crippen molar-refractivity contribution in [3.05, 3.63) is 43.4 Å². The maximum atomic E-state index is 3.82. The molecule has 5 heteroatoms. The van der Waals surface area contributed by atoms with Crippen LogP contribution in [0.4, 0.5) is 0 Å². The highest BCUT2D eigenvalue weighted by molar-refractivity contribution is 5.21. The van der Waals surface area contributed by atoms with Crippen LogP contribution in [0.25, 0.3) is 0 Å². The molecule has 1 aliphatic rings. The van der Waals surface area contributed by atoms with Crippen LogP contribution in [0.15, 0.2) is 43.4 Å². The topological polar surface area (TPSA) is 55.6 Å². The number of dihydropyridines is 1. The summed E-state index contributed by atoms with van der Waals surface area (Å²) in [4.78, 5) is 0. The molecule has 1 unspecified atom stereocenters. The second kappa shape index (κ2) is 2.85. The fourth-order valence-electron chi connectivity index (χ4n) is 1.18. The first-order chi connectivity index (χ1) is 6.37. The van der Waals surface area contributed by atoms with E-state index in [1.807, 2.05) is 24.4 Å². The highest BCUT2D eigenvalue weighted by atomic mass is 15.6. The number of hydrogen-bond acceptors (Lipinski definition) is 4. The van der Waals surface area contributed by atoms with Crippen LogP contribution < -0.4 is 5.32 Å². The smallest absolute Gasteiger partial charge is 0.172 e. The summed E-state index contributed by atoms with van der Waals surface area (Å²) < 4.78 is 1.60. The van der Waals surface area contributed by atoms with Crippen LogP contribution in [0.2, 0.25) is 0 Å². The summed E-state index contributed by atoms with van der Waals surface area (Å²) in [6.07, 6.45) is 10.8. The minimum Gasteiger partial charge on any atom is -0.361 e. The third-order valence-electron chi connectivity index (χ3n) is 1.91. The predicted octanol–water partition coefficient (Wildman–Crippen LogP) is 0.185. The third-order valence-corrected chi connectivity index (χ3v) is 1.91. The Kier molecular flexibility index (Phi) is 1.70. The molecule has 0 bridgehead atoms. The lowest BCUT2D eigenvalue weighted by molar-refractivity contribution is 0.363. The minimum atomic E-state index is -0.530. The van der Waals surface area contributed by atoms with E-state index < -0.39 is 5.66 Å². The van der Waals surface area contributed by atoms with Gasteiger partial charge in [-0.25, -0.2) is 0 Å². The Morgan fingerprint density at radius 1 is 1.46 bits per heavy atom. The Morgan fingerprint density at radius 3 is 2.92 bits per heavy atom. The Morgan fingerprint density at radius 2 is 2.38 bits per heavy atom. The first-order valence-corrected chi connectivity index (χ1v) is 3.86. The van der Waals surface area contributed by atoms with Gasteiger partial charge in [-0.1, -0.05) is 12.7 Å². The Labute approximate surface area is 75.4 Å². The van der Waals surface area contributed by atoms with Crippen molar-refractivity contribution in [1.29, 1.82) is 0 Å². The molecule has 1 N–H and O–H groups in total. The van der Waals surface area contributed by atoms with E-state index in [-0.39, 0.29) is 0 Å². The number of aromatic nitrogens is 4. The summed E-state index contributed by atoms with van der Waals surface area (Å²) in [5, 5.41) is 14.1. The second-order valence-electron chi connectivity index (χ2n) is 2.65. The quantitative estimate of drug-likeness (QED) is 0.652. The molecule has 0 aromatic carbocycles. The largest absolute Gasteiger partial charge is 0.361 e. The number of nitrogens with zero attached hydrogens (tertiary/aromatic N) is 4. The van der Waals surface area contributed by atoms with Gasteiger partial charge in [-0.3, -0.25) is 0 Å². The average Bonchev–Trinajstić information content (AvgIpc) is 2.72. The summed E-state index contributed by atoms with van der Waals surface area (Å²) in [6.45, 7) is 3.75. The lowest BCUT2D eigenvalue weighted by Crippen LogP contribution is -2.42. The fraction of sp³-hybridized carbons (Fsp3) is 0.125. The molecule has 1 aromatic rings. The SMILES string of the molecule is C=CC1(n2cnnn2)C=CC=CN1. The molecule has 2 rings (SSSR count). The van der Waals surface area contributed by atoms with E-state index in [1.54, 1.807) is 10.8 Å². The number of allylic oxidation sites excluding steroid dienone is 2.